The van der Waals surface area contributed by atoms with Gasteiger partial charge in [0.1, 0.15) is 5.82 Å². The lowest BCUT2D eigenvalue weighted by atomic mass is 10.1. The van der Waals surface area contributed by atoms with Crippen molar-refractivity contribution in [3.05, 3.63) is 53.3 Å². The lowest BCUT2D eigenvalue weighted by Crippen LogP contribution is -2.21. The van der Waals surface area contributed by atoms with Gasteiger partial charge in [-0.2, -0.15) is 0 Å². The summed E-state index contributed by atoms with van der Waals surface area (Å²) in [5, 5.41) is 2.98. The van der Waals surface area contributed by atoms with E-state index in [9.17, 15) is 9.18 Å². The van der Waals surface area contributed by atoms with Crippen LogP contribution in [-0.2, 0) is 0 Å². The number of nitrogens with one attached hydrogen (secondary N) is 1. The van der Waals surface area contributed by atoms with E-state index in [1.165, 1.54) is 11.0 Å². The Balaban J connectivity index is 2.32. The third kappa shape index (κ3) is 3.13. The maximum atomic E-state index is 13.8. The molecule has 0 aliphatic carbocycles. The summed E-state index contributed by atoms with van der Waals surface area (Å²) in [6.45, 7) is 1.81. The van der Waals surface area contributed by atoms with Gasteiger partial charge >= 0.3 is 0 Å². The second-order valence-corrected chi connectivity index (χ2v) is 5.06. The van der Waals surface area contributed by atoms with Crippen LogP contribution in [-0.4, -0.2) is 24.9 Å². The summed E-state index contributed by atoms with van der Waals surface area (Å²) < 4.78 is 13.8. The molecule has 0 unspecified atom stereocenters. The van der Waals surface area contributed by atoms with Crippen molar-refractivity contribution in [2.45, 2.75) is 6.92 Å². The number of para-hydroxylation sites is 1. The first-order valence-electron chi connectivity index (χ1n) is 6.53. The lowest BCUT2D eigenvalue weighted by Gasteiger charge is -2.15. The molecular weight excluding hydrogens is 269 g/mol. The lowest BCUT2D eigenvalue weighted by molar-refractivity contribution is 0.0827. The van der Waals surface area contributed by atoms with Crippen LogP contribution in [0.25, 0.3) is 0 Å². The number of halogens is 1. The number of aryl methyl sites for hydroxylation is 1. The molecule has 21 heavy (non-hydrogen) atoms. The Hall–Kier alpha value is -2.56. The fourth-order valence-corrected chi connectivity index (χ4v) is 1.99. The summed E-state index contributed by atoms with van der Waals surface area (Å²) in [6.07, 6.45) is 0. The standard InChI is InChI=1S/C16H18FN3O/c1-10-5-4-6-12(17)15(10)19-14-8-7-11(9-13(14)18)16(21)20(2)3/h4-9,19H,18H2,1-3H3. The molecule has 0 aliphatic heterocycles. The van der Waals surface area contributed by atoms with Crippen LogP contribution in [0.3, 0.4) is 0 Å². The van der Waals surface area contributed by atoms with Crippen molar-refractivity contribution in [2.24, 2.45) is 0 Å². The number of rotatable bonds is 3. The quantitative estimate of drug-likeness (QED) is 0.853. The van der Waals surface area contributed by atoms with Crippen molar-refractivity contribution in [1.29, 1.82) is 0 Å². The molecule has 4 nitrogen and oxygen atoms in total. The molecule has 0 heterocycles. The minimum atomic E-state index is -0.345. The van der Waals surface area contributed by atoms with Gasteiger partial charge in [-0.1, -0.05) is 12.1 Å². The zero-order valence-electron chi connectivity index (χ0n) is 12.3. The Bertz CT molecular complexity index is 663. The highest BCUT2D eigenvalue weighted by atomic mass is 19.1. The van der Waals surface area contributed by atoms with E-state index in [2.05, 4.69) is 5.32 Å². The summed E-state index contributed by atoms with van der Waals surface area (Å²) in [6, 6.07) is 9.77. The highest BCUT2D eigenvalue weighted by Gasteiger charge is 2.12. The second kappa shape index (κ2) is 5.83. The van der Waals surface area contributed by atoms with Crippen molar-refractivity contribution in [3.8, 4) is 0 Å². The topological polar surface area (TPSA) is 58.4 Å². The molecule has 0 saturated carbocycles. The van der Waals surface area contributed by atoms with Crippen molar-refractivity contribution in [2.75, 3.05) is 25.1 Å². The van der Waals surface area contributed by atoms with Crippen molar-refractivity contribution < 1.29 is 9.18 Å². The van der Waals surface area contributed by atoms with Gasteiger partial charge in [0.25, 0.3) is 5.91 Å². The maximum absolute atomic E-state index is 13.8. The van der Waals surface area contributed by atoms with Crippen LogP contribution >= 0.6 is 0 Å². The molecule has 2 aromatic carbocycles. The molecule has 0 spiro atoms. The number of carbonyl (C=O) groups excluding carboxylic acids is 1. The molecule has 2 aromatic rings. The molecule has 0 atom stereocenters. The molecule has 0 fully saturated rings. The van der Waals surface area contributed by atoms with E-state index < -0.39 is 0 Å². The Morgan fingerprint density at radius 1 is 1.24 bits per heavy atom. The summed E-state index contributed by atoms with van der Waals surface area (Å²) >= 11 is 0. The number of amides is 1. The zero-order valence-corrected chi connectivity index (χ0v) is 12.3. The number of anilines is 3. The van der Waals surface area contributed by atoms with Gasteiger partial charge in [-0.3, -0.25) is 4.79 Å². The molecule has 0 bridgehead atoms. The van der Waals surface area contributed by atoms with E-state index in [4.69, 9.17) is 5.73 Å². The van der Waals surface area contributed by atoms with Gasteiger partial charge in [-0.05, 0) is 36.8 Å². The van der Waals surface area contributed by atoms with E-state index >= 15 is 0 Å². The van der Waals surface area contributed by atoms with E-state index in [-0.39, 0.29) is 11.7 Å². The Labute approximate surface area is 123 Å². The van der Waals surface area contributed by atoms with Crippen molar-refractivity contribution in [3.63, 3.8) is 0 Å². The van der Waals surface area contributed by atoms with Gasteiger partial charge in [0.05, 0.1) is 17.1 Å². The summed E-state index contributed by atoms with van der Waals surface area (Å²) in [7, 11) is 3.35. The first kappa shape index (κ1) is 14.8. The molecule has 3 N–H and O–H groups in total. The van der Waals surface area contributed by atoms with Crippen LogP contribution < -0.4 is 11.1 Å². The smallest absolute Gasteiger partial charge is 0.253 e. The highest BCUT2D eigenvalue weighted by Crippen LogP contribution is 2.28. The minimum Gasteiger partial charge on any atom is -0.397 e. The third-order valence-corrected chi connectivity index (χ3v) is 3.19. The number of nitrogens with two attached hydrogens (primary N) is 1. The predicted molar refractivity (Wildman–Crippen MR) is 83.3 cm³/mol. The molecule has 0 aliphatic rings. The average molecular weight is 287 g/mol. The number of carbonyl (C=O) groups is 1. The molecule has 5 heteroatoms. The molecule has 0 radical (unpaired) electrons. The van der Waals surface area contributed by atoms with Gasteiger partial charge < -0.3 is 16.0 Å². The average Bonchev–Trinajstić information content (AvgIpc) is 2.43. The molecule has 110 valence electrons. The van der Waals surface area contributed by atoms with Crippen molar-refractivity contribution >= 4 is 23.0 Å². The number of nitrogens with zero attached hydrogens (tertiary/aromatic N) is 1. The largest absolute Gasteiger partial charge is 0.397 e. The SMILES string of the molecule is Cc1cccc(F)c1Nc1ccc(C(=O)N(C)C)cc1N. The summed E-state index contributed by atoms with van der Waals surface area (Å²) in [4.78, 5) is 13.3. The van der Waals surface area contributed by atoms with E-state index in [0.717, 1.165) is 5.56 Å². The van der Waals surface area contributed by atoms with Gasteiger partial charge in [0.15, 0.2) is 0 Å². The molecule has 1 amide bonds. The number of nitrogen functional groups attached to an aromatic ring is 1. The number of hydrogen-bond acceptors (Lipinski definition) is 3. The van der Waals surface area contributed by atoms with E-state index in [1.54, 1.807) is 38.4 Å². The Kier molecular flexibility index (Phi) is 4.12. The zero-order chi connectivity index (χ0) is 15.6. The fraction of sp³-hybridized carbons (Fsp3) is 0.188. The third-order valence-electron chi connectivity index (χ3n) is 3.19. The van der Waals surface area contributed by atoms with Crippen LogP contribution in [0.2, 0.25) is 0 Å². The van der Waals surface area contributed by atoms with Gasteiger partial charge in [-0.25, -0.2) is 4.39 Å². The molecular formula is C16H18FN3O. The van der Waals surface area contributed by atoms with Gasteiger partial charge in [-0.15, -0.1) is 0 Å². The summed E-state index contributed by atoms with van der Waals surface area (Å²) in [5.74, 6) is -0.474. The molecule has 0 saturated heterocycles. The van der Waals surface area contributed by atoms with Crippen LogP contribution in [0.5, 0.6) is 0 Å². The monoisotopic (exact) mass is 287 g/mol. The van der Waals surface area contributed by atoms with Gasteiger partial charge in [0.2, 0.25) is 0 Å². The first-order valence-corrected chi connectivity index (χ1v) is 6.53. The van der Waals surface area contributed by atoms with E-state index in [1.807, 2.05) is 13.0 Å². The summed E-state index contributed by atoms with van der Waals surface area (Å²) in [5.41, 5.74) is 8.57. The highest BCUT2D eigenvalue weighted by molar-refractivity contribution is 5.96. The molecule has 2 rings (SSSR count). The van der Waals surface area contributed by atoms with Crippen molar-refractivity contribution in [1.82, 2.24) is 4.90 Å². The van der Waals surface area contributed by atoms with Crippen LogP contribution in [0, 0.1) is 12.7 Å². The first-order chi connectivity index (χ1) is 9.90. The molecule has 0 aromatic heterocycles. The van der Waals surface area contributed by atoms with Crippen LogP contribution in [0.4, 0.5) is 21.5 Å². The van der Waals surface area contributed by atoms with Gasteiger partial charge in [0, 0.05) is 19.7 Å². The predicted octanol–water partition coefficient (Wildman–Crippen LogP) is 3.16. The Morgan fingerprint density at radius 2 is 1.95 bits per heavy atom. The second-order valence-electron chi connectivity index (χ2n) is 5.06. The normalized spacial score (nSPS) is 10.3. The number of hydrogen-bond donors (Lipinski definition) is 2. The van der Waals surface area contributed by atoms with Crippen LogP contribution in [0.1, 0.15) is 15.9 Å². The number of benzene rings is 2. The Morgan fingerprint density at radius 3 is 2.52 bits per heavy atom. The minimum absolute atomic E-state index is 0.129. The maximum Gasteiger partial charge on any atom is 0.253 e. The fourth-order valence-electron chi connectivity index (χ4n) is 1.99. The van der Waals surface area contributed by atoms with Crippen LogP contribution in [0.15, 0.2) is 36.4 Å². The van der Waals surface area contributed by atoms with E-state index in [0.29, 0.717) is 22.6 Å².